The van der Waals surface area contributed by atoms with Crippen molar-refractivity contribution in [3.63, 3.8) is 0 Å². The van der Waals surface area contributed by atoms with Gasteiger partial charge in [-0.3, -0.25) is 0 Å². The number of nitrogens with zero attached hydrogens (tertiary/aromatic N) is 2. The fourth-order valence-electron chi connectivity index (χ4n) is 3.65. The minimum atomic E-state index is 0.0978. The third kappa shape index (κ3) is 1.96. The highest BCUT2D eigenvalue weighted by Crippen LogP contribution is 2.44. The van der Waals surface area contributed by atoms with Gasteiger partial charge in [0.2, 0.25) is 0 Å². The van der Waals surface area contributed by atoms with Crippen LogP contribution in [0.3, 0.4) is 0 Å². The minimum absolute atomic E-state index is 0.0978. The van der Waals surface area contributed by atoms with Gasteiger partial charge >= 0.3 is 0 Å². The summed E-state index contributed by atoms with van der Waals surface area (Å²) in [4.78, 5) is 2.42. The summed E-state index contributed by atoms with van der Waals surface area (Å²) < 4.78 is 1.03. The Morgan fingerprint density at radius 3 is 2.89 bits per heavy atom. The summed E-state index contributed by atoms with van der Waals surface area (Å²) in [6, 6.07) is 8.25. The van der Waals surface area contributed by atoms with Crippen LogP contribution in [0.25, 0.3) is 0 Å². The maximum Gasteiger partial charge on any atom is 0.101 e. The summed E-state index contributed by atoms with van der Waals surface area (Å²) in [5, 5.41) is 12.8. The lowest BCUT2D eigenvalue weighted by atomic mass is 9.84. The van der Waals surface area contributed by atoms with Crippen LogP contribution in [-0.4, -0.2) is 25.2 Å². The number of nitrogens with one attached hydrogen (secondary N) is 1. The molecule has 0 aliphatic carbocycles. The third-order valence-corrected chi connectivity index (χ3v) is 5.22. The van der Waals surface area contributed by atoms with E-state index in [4.69, 9.17) is 0 Å². The van der Waals surface area contributed by atoms with Gasteiger partial charge in [-0.2, -0.15) is 5.26 Å². The summed E-state index contributed by atoms with van der Waals surface area (Å²) >= 11 is 3.52. The molecule has 2 heterocycles. The predicted octanol–water partition coefficient (Wildman–Crippen LogP) is 2.75. The van der Waals surface area contributed by atoms with Crippen molar-refractivity contribution in [2.24, 2.45) is 11.8 Å². The monoisotopic (exact) mass is 319 g/mol. The highest BCUT2D eigenvalue weighted by Gasteiger charge is 2.49. The number of rotatable bonds is 1. The van der Waals surface area contributed by atoms with Gasteiger partial charge in [-0.15, -0.1) is 0 Å². The van der Waals surface area contributed by atoms with Crippen molar-refractivity contribution in [3.05, 3.63) is 28.2 Å². The predicted molar refractivity (Wildman–Crippen MR) is 80.1 cm³/mol. The number of anilines is 1. The molecule has 1 aromatic rings. The number of nitriles is 1. The Labute approximate surface area is 122 Å². The molecule has 0 saturated carbocycles. The minimum Gasteiger partial charge on any atom is -0.365 e. The molecular weight excluding hydrogens is 302 g/mol. The molecule has 100 valence electrons. The molecule has 0 amide bonds. The van der Waals surface area contributed by atoms with Crippen molar-refractivity contribution in [3.8, 4) is 6.07 Å². The summed E-state index contributed by atoms with van der Waals surface area (Å²) in [5.41, 5.74) is 1.93. The highest BCUT2D eigenvalue weighted by molar-refractivity contribution is 9.10. The van der Waals surface area contributed by atoms with Gasteiger partial charge in [0.15, 0.2) is 0 Å². The third-order valence-electron chi connectivity index (χ3n) is 4.73. The molecule has 4 heteroatoms. The zero-order chi connectivity index (χ0) is 13.6. The van der Waals surface area contributed by atoms with Gasteiger partial charge < -0.3 is 10.2 Å². The van der Waals surface area contributed by atoms with E-state index in [9.17, 15) is 5.26 Å². The van der Waals surface area contributed by atoms with Crippen LogP contribution in [0, 0.1) is 23.2 Å². The largest absolute Gasteiger partial charge is 0.365 e. The van der Waals surface area contributed by atoms with Crippen LogP contribution in [0.1, 0.15) is 19.4 Å². The van der Waals surface area contributed by atoms with Crippen molar-refractivity contribution in [1.82, 2.24) is 5.32 Å². The van der Waals surface area contributed by atoms with Crippen molar-refractivity contribution >= 4 is 21.6 Å². The first-order valence-electron chi connectivity index (χ1n) is 6.72. The first-order valence-corrected chi connectivity index (χ1v) is 7.51. The van der Waals surface area contributed by atoms with Crippen LogP contribution in [0.2, 0.25) is 0 Å². The molecule has 1 N–H and O–H groups in total. The summed E-state index contributed by atoms with van der Waals surface area (Å²) in [7, 11) is 0. The number of fused-ring (bicyclic) bond motifs is 1. The average Bonchev–Trinajstić information content (AvgIpc) is 2.92. The SMILES string of the molecule is CC1(C)C2CNCC2CN1c1cc(Br)ccc1C#N. The lowest BCUT2D eigenvalue weighted by molar-refractivity contribution is 0.357. The number of benzene rings is 1. The van der Waals surface area contributed by atoms with E-state index in [1.807, 2.05) is 12.1 Å². The van der Waals surface area contributed by atoms with Crippen molar-refractivity contribution in [2.75, 3.05) is 24.5 Å². The molecule has 2 fully saturated rings. The molecule has 1 aromatic carbocycles. The topological polar surface area (TPSA) is 39.1 Å². The second-order valence-corrected chi connectivity index (χ2v) is 6.98. The van der Waals surface area contributed by atoms with E-state index in [0.717, 1.165) is 35.4 Å². The molecule has 2 saturated heterocycles. The molecule has 0 aromatic heterocycles. The van der Waals surface area contributed by atoms with Gasteiger partial charge in [0.1, 0.15) is 6.07 Å². The van der Waals surface area contributed by atoms with E-state index in [1.165, 1.54) is 0 Å². The standard InChI is InChI=1S/C15H18BrN3/c1-15(2)13-8-18-7-11(13)9-19(15)14-5-12(16)4-3-10(14)6-17/h3-5,11,13,18H,7-9H2,1-2H3. The second-order valence-electron chi connectivity index (χ2n) is 6.06. The van der Waals surface area contributed by atoms with Crippen LogP contribution < -0.4 is 10.2 Å². The Kier molecular flexibility index (Phi) is 3.07. The Bertz CT molecular complexity index is 547. The first-order chi connectivity index (χ1) is 9.04. The molecule has 3 rings (SSSR count). The molecular formula is C15H18BrN3. The molecule has 2 unspecified atom stereocenters. The van der Waals surface area contributed by atoms with Crippen LogP contribution in [-0.2, 0) is 0 Å². The summed E-state index contributed by atoms with van der Waals surface area (Å²) in [6.45, 7) is 7.82. The van der Waals surface area contributed by atoms with Crippen LogP contribution in [0.5, 0.6) is 0 Å². The average molecular weight is 320 g/mol. The van der Waals surface area contributed by atoms with E-state index >= 15 is 0 Å². The van der Waals surface area contributed by atoms with Crippen LogP contribution in [0.4, 0.5) is 5.69 Å². The smallest absolute Gasteiger partial charge is 0.101 e. The van der Waals surface area contributed by atoms with E-state index in [0.29, 0.717) is 11.8 Å². The Morgan fingerprint density at radius 1 is 1.42 bits per heavy atom. The van der Waals surface area contributed by atoms with Crippen molar-refractivity contribution in [2.45, 2.75) is 19.4 Å². The van der Waals surface area contributed by atoms with Crippen LogP contribution >= 0.6 is 15.9 Å². The quantitative estimate of drug-likeness (QED) is 0.865. The molecule has 0 spiro atoms. The molecule has 0 bridgehead atoms. The van der Waals surface area contributed by atoms with E-state index < -0.39 is 0 Å². The molecule has 2 aliphatic rings. The van der Waals surface area contributed by atoms with Gasteiger partial charge in [-0.1, -0.05) is 15.9 Å². The van der Waals surface area contributed by atoms with E-state index in [2.05, 4.69) is 52.1 Å². The lowest BCUT2D eigenvalue weighted by Gasteiger charge is -2.38. The van der Waals surface area contributed by atoms with E-state index in [1.54, 1.807) is 0 Å². The van der Waals surface area contributed by atoms with Crippen molar-refractivity contribution in [1.29, 1.82) is 5.26 Å². The van der Waals surface area contributed by atoms with Crippen molar-refractivity contribution < 1.29 is 0 Å². The Hall–Kier alpha value is -1.05. The van der Waals surface area contributed by atoms with Gasteiger partial charge in [0.05, 0.1) is 11.3 Å². The van der Waals surface area contributed by atoms with Gasteiger partial charge in [0.25, 0.3) is 0 Å². The van der Waals surface area contributed by atoms with Crippen LogP contribution in [0.15, 0.2) is 22.7 Å². The molecule has 2 atom stereocenters. The summed E-state index contributed by atoms with van der Waals surface area (Å²) in [6.07, 6.45) is 0. The normalized spacial score (nSPS) is 28.2. The zero-order valence-corrected chi connectivity index (χ0v) is 12.9. The molecule has 0 radical (unpaired) electrons. The maximum absolute atomic E-state index is 9.34. The van der Waals surface area contributed by atoms with Gasteiger partial charge in [-0.05, 0) is 43.9 Å². The fourth-order valence-corrected chi connectivity index (χ4v) is 4.00. The first kappa shape index (κ1) is 13.0. The molecule has 2 aliphatic heterocycles. The zero-order valence-electron chi connectivity index (χ0n) is 11.3. The Balaban J connectivity index is 2.04. The maximum atomic E-state index is 9.34. The summed E-state index contributed by atoms with van der Waals surface area (Å²) in [5.74, 6) is 1.36. The van der Waals surface area contributed by atoms with E-state index in [-0.39, 0.29) is 5.54 Å². The fraction of sp³-hybridized carbons (Fsp3) is 0.533. The number of hydrogen-bond acceptors (Lipinski definition) is 3. The van der Waals surface area contributed by atoms with Gasteiger partial charge in [-0.25, -0.2) is 0 Å². The number of hydrogen-bond donors (Lipinski definition) is 1. The van der Waals surface area contributed by atoms with Gasteiger partial charge in [0, 0.05) is 29.6 Å². The molecule has 19 heavy (non-hydrogen) atoms. The number of halogens is 1. The second kappa shape index (κ2) is 4.50. The highest BCUT2D eigenvalue weighted by atomic mass is 79.9. The Morgan fingerprint density at radius 2 is 2.21 bits per heavy atom. The lowest BCUT2D eigenvalue weighted by Crippen LogP contribution is -2.44. The molecule has 3 nitrogen and oxygen atoms in total.